The monoisotopic (exact) mass is 301 g/mol. The first-order valence-electron chi connectivity index (χ1n) is 6.62. The summed E-state index contributed by atoms with van der Waals surface area (Å²) >= 11 is 1.40. The van der Waals surface area contributed by atoms with Crippen LogP contribution in [0.25, 0.3) is 5.65 Å². The van der Waals surface area contributed by atoms with Gasteiger partial charge in [0.25, 0.3) is 0 Å². The van der Waals surface area contributed by atoms with E-state index in [1.807, 2.05) is 34.9 Å². The minimum absolute atomic E-state index is 0.243. The Bertz CT molecular complexity index is 755. The lowest BCUT2D eigenvalue weighted by molar-refractivity contribution is 0.914. The van der Waals surface area contributed by atoms with Gasteiger partial charge in [0, 0.05) is 18.8 Å². The van der Waals surface area contributed by atoms with Gasteiger partial charge < -0.3 is 11.1 Å². The molecule has 108 valence electrons. The fourth-order valence-corrected chi connectivity index (χ4v) is 2.65. The Hall–Kier alpha value is -2.35. The van der Waals surface area contributed by atoms with Crippen molar-refractivity contribution >= 4 is 29.2 Å². The molecule has 3 heterocycles. The second kappa shape index (κ2) is 5.96. The van der Waals surface area contributed by atoms with Crippen LogP contribution in [0.2, 0.25) is 0 Å². The van der Waals surface area contributed by atoms with Crippen molar-refractivity contribution in [1.29, 1.82) is 0 Å². The predicted molar refractivity (Wildman–Crippen MR) is 82.3 cm³/mol. The number of nitrogens with zero attached hydrogens (tertiary/aromatic N) is 5. The first-order valence-corrected chi connectivity index (χ1v) is 7.44. The van der Waals surface area contributed by atoms with E-state index in [9.17, 15) is 0 Å². The highest BCUT2D eigenvalue weighted by atomic mass is 32.2. The molecular weight excluding hydrogens is 286 g/mol. The normalized spacial score (nSPS) is 10.9. The Morgan fingerprint density at radius 2 is 2.19 bits per heavy atom. The van der Waals surface area contributed by atoms with E-state index in [1.165, 1.54) is 11.8 Å². The van der Waals surface area contributed by atoms with Crippen LogP contribution < -0.4 is 11.1 Å². The van der Waals surface area contributed by atoms with Crippen LogP contribution in [0.5, 0.6) is 0 Å². The largest absolute Gasteiger partial charge is 0.370 e. The summed E-state index contributed by atoms with van der Waals surface area (Å²) in [6.07, 6.45) is 2.93. The average Bonchev–Trinajstić information content (AvgIpc) is 2.88. The maximum atomic E-state index is 5.75. The van der Waals surface area contributed by atoms with Gasteiger partial charge >= 0.3 is 0 Å². The second-order valence-corrected chi connectivity index (χ2v) is 5.38. The number of nitrogens with one attached hydrogen (secondary N) is 1. The van der Waals surface area contributed by atoms with Gasteiger partial charge in [0.15, 0.2) is 5.65 Å². The smallest absolute Gasteiger partial charge is 0.223 e. The summed E-state index contributed by atoms with van der Waals surface area (Å²) in [6.45, 7) is 2.93. The Balaban J connectivity index is 1.88. The quantitative estimate of drug-likeness (QED) is 0.697. The molecular formula is C13H15N7S. The number of hydrogen-bond donors (Lipinski definition) is 2. The molecule has 0 amide bonds. The summed E-state index contributed by atoms with van der Waals surface area (Å²) in [6, 6.07) is 7.62. The summed E-state index contributed by atoms with van der Waals surface area (Å²) in [4.78, 5) is 8.39. The first-order chi connectivity index (χ1) is 10.3. The van der Waals surface area contributed by atoms with Crippen LogP contribution >= 0.6 is 11.8 Å². The van der Waals surface area contributed by atoms with Crippen molar-refractivity contribution in [1.82, 2.24) is 24.6 Å². The molecule has 0 bridgehead atoms. The molecule has 21 heavy (non-hydrogen) atoms. The van der Waals surface area contributed by atoms with Gasteiger partial charge in [-0.1, -0.05) is 13.0 Å². The SMILES string of the molecule is CCCNc1cc(Sc2nnc3ccccn23)nc(N)n1. The first kappa shape index (κ1) is 13.6. The van der Waals surface area contributed by atoms with E-state index in [-0.39, 0.29) is 5.95 Å². The average molecular weight is 301 g/mol. The van der Waals surface area contributed by atoms with Crippen molar-refractivity contribution in [2.75, 3.05) is 17.6 Å². The summed E-state index contributed by atoms with van der Waals surface area (Å²) < 4.78 is 1.90. The molecule has 0 aliphatic carbocycles. The summed E-state index contributed by atoms with van der Waals surface area (Å²) in [5.41, 5.74) is 6.55. The molecule has 0 radical (unpaired) electrons. The van der Waals surface area contributed by atoms with Crippen molar-refractivity contribution in [3.05, 3.63) is 30.5 Å². The Morgan fingerprint density at radius 1 is 1.29 bits per heavy atom. The fourth-order valence-electron chi connectivity index (χ4n) is 1.82. The van der Waals surface area contributed by atoms with E-state index in [1.54, 1.807) is 0 Å². The van der Waals surface area contributed by atoms with Crippen LogP contribution in [0.3, 0.4) is 0 Å². The predicted octanol–water partition coefficient (Wildman–Crippen LogP) is 2.07. The molecule has 0 aliphatic rings. The lowest BCUT2D eigenvalue weighted by Crippen LogP contribution is -2.05. The molecule has 3 aromatic heterocycles. The van der Waals surface area contributed by atoms with E-state index < -0.39 is 0 Å². The van der Waals surface area contributed by atoms with E-state index in [0.717, 1.165) is 34.6 Å². The summed E-state index contributed by atoms with van der Waals surface area (Å²) in [5, 5.41) is 13.0. The number of fused-ring (bicyclic) bond motifs is 1. The molecule has 7 nitrogen and oxygen atoms in total. The number of nitrogens with two attached hydrogens (primary N) is 1. The highest BCUT2D eigenvalue weighted by Crippen LogP contribution is 2.26. The van der Waals surface area contributed by atoms with E-state index in [4.69, 9.17) is 5.73 Å². The number of rotatable bonds is 5. The summed E-state index contributed by atoms with van der Waals surface area (Å²) in [5.74, 6) is 0.966. The Kier molecular flexibility index (Phi) is 3.87. The van der Waals surface area contributed by atoms with Gasteiger partial charge in [-0.05, 0) is 30.3 Å². The molecule has 0 aliphatic heterocycles. The number of aromatic nitrogens is 5. The van der Waals surface area contributed by atoms with Gasteiger partial charge in [-0.25, -0.2) is 4.98 Å². The van der Waals surface area contributed by atoms with Crippen LogP contribution in [0.4, 0.5) is 11.8 Å². The van der Waals surface area contributed by atoms with Crippen molar-refractivity contribution in [2.45, 2.75) is 23.5 Å². The fraction of sp³-hybridized carbons (Fsp3) is 0.231. The number of pyridine rings is 1. The van der Waals surface area contributed by atoms with E-state index in [2.05, 4.69) is 32.4 Å². The van der Waals surface area contributed by atoms with Crippen LogP contribution in [-0.4, -0.2) is 31.1 Å². The molecule has 0 saturated carbocycles. The molecule has 0 saturated heterocycles. The molecule has 0 spiro atoms. The van der Waals surface area contributed by atoms with Gasteiger partial charge in [0.2, 0.25) is 11.1 Å². The van der Waals surface area contributed by atoms with Gasteiger partial charge in [-0.15, -0.1) is 10.2 Å². The third kappa shape index (κ3) is 3.05. The van der Waals surface area contributed by atoms with E-state index >= 15 is 0 Å². The van der Waals surface area contributed by atoms with Gasteiger partial charge in [-0.3, -0.25) is 4.40 Å². The van der Waals surface area contributed by atoms with E-state index in [0.29, 0.717) is 0 Å². The third-order valence-corrected chi connectivity index (χ3v) is 3.63. The molecule has 0 aromatic carbocycles. The van der Waals surface area contributed by atoms with Crippen molar-refractivity contribution in [3.63, 3.8) is 0 Å². The minimum atomic E-state index is 0.243. The molecule has 3 N–H and O–H groups in total. The standard InChI is InChI=1S/C13H15N7S/c1-2-6-15-9-8-11(17-12(14)16-9)21-13-19-18-10-5-3-4-7-20(10)13/h3-5,7-8H,2,6H2,1H3,(H3,14,15,16,17). The minimum Gasteiger partial charge on any atom is -0.370 e. The molecule has 3 aromatic rings. The molecule has 8 heteroatoms. The maximum absolute atomic E-state index is 5.75. The van der Waals surface area contributed by atoms with Crippen LogP contribution in [0.15, 0.2) is 40.6 Å². The topological polar surface area (TPSA) is 94.0 Å². The Morgan fingerprint density at radius 3 is 3.05 bits per heavy atom. The number of hydrogen-bond acceptors (Lipinski definition) is 7. The molecule has 3 rings (SSSR count). The zero-order valence-corrected chi connectivity index (χ0v) is 12.3. The van der Waals surface area contributed by atoms with Gasteiger partial charge in [0.1, 0.15) is 10.8 Å². The molecule has 0 fully saturated rings. The van der Waals surface area contributed by atoms with Crippen molar-refractivity contribution in [2.24, 2.45) is 0 Å². The van der Waals surface area contributed by atoms with Crippen LogP contribution in [0.1, 0.15) is 13.3 Å². The number of anilines is 2. The zero-order chi connectivity index (χ0) is 14.7. The lowest BCUT2D eigenvalue weighted by atomic mass is 10.4. The van der Waals surface area contributed by atoms with Crippen molar-refractivity contribution < 1.29 is 0 Å². The van der Waals surface area contributed by atoms with Gasteiger partial charge in [-0.2, -0.15) is 4.98 Å². The number of nitrogen functional groups attached to an aromatic ring is 1. The molecule has 0 unspecified atom stereocenters. The molecule has 0 atom stereocenters. The summed E-state index contributed by atoms with van der Waals surface area (Å²) in [7, 11) is 0. The second-order valence-electron chi connectivity index (χ2n) is 4.39. The van der Waals surface area contributed by atoms with Crippen LogP contribution in [-0.2, 0) is 0 Å². The van der Waals surface area contributed by atoms with Crippen LogP contribution in [0, 0.1) is 0 Å². The lowest BCUT2D eigenvalue weighted by Gasteiger charge is -2.06. The highest BCUT2D eigenvalue weighted by Gasteiger charge is 2.09. The zero-order valence-electron chi connectivity index (χ0n) is 11.5. The third-order valence-electron chi connectivity index (χ3n) is 2.75. The maximum Gasteiger partial charge on any atom is 0.223 e. The highest BCUT2D eigenvalue weighted by molar-refractivity contribution is 7.99. The van der Waals surface area contributed by atoms with Gasteiger partial charge in [0.05, 0.1) is 0 Å². The van der Waals surface area contributed by atoms with Crippen molar-refractivity contribution in [3.8, 4) is 0 Å². The Labute approximate surface area is 126 Å².